The number of morpholine rings is 1. The Morgan fingerprint density at radius 3 is 2.12 bits per heavy atom. The van der Waals surface area contributed by atoms with Crippen LogP contribution in [0.3, 0.4) is 0 Å². The molecule has 1 atom stereocenters. The minimum absolute atomic E-state index is 0.0158. The summed E-state index contributed by atoms with van der Waals surface area (Å²) < 4.78 is 7.45. The Labute approximate surface area is 202 Å². The lowest BCUT2D eigenvalue weighted by atomic mass is 10.0. The number of carbonyl (C=O) groups excluding carboxylic acids is 1. The van der Waals surface area contributed by atoms with E-state index in [1.54, 1.807) is 0 Å². The van der Waals surface area contributed by atoms with Crippen molar-refractivity contribution < 1.29 is 9.53 Å². The predicted octanol–water partition coefficient (Wildman–Crippen LogP) is 4.00. The molecule has 1 aromatic heterocycles. The first-order valence-corrected chi connectivity index (χ1v) is 11.8. The van der Waals surface area contributed by atoms with Crippen LogP contribution in [0.15, 0.2) is 77.6 Å². The van der Waals surface area contributed by atoms with Gasteiger partial charge in [-0.15, -0.1) is 0 Å². The minimum Gasteiger partial charge on any atom is -0.379 e. The van der Waals surface area contributed by atoms with E-state index in [4.69, 9.17) is 16.3 Å². The number of carbonyl (C=O) groups is 1. The average molecular weight is 476 g/mol. The first-order chi connectivity index (χ1) is 16.6. The molecular formula is C27H26ClN3O3. The van der Waals surface area contributed by atoms with Gasteiger partial charge in [-0.05, 0) is 42.0 Å². The molecule has 34 heavy (non-hydrogen) atoms. The van der Waals surface area contributed by atoms with Crippen molar-refractivity contribution in [2.45, 2.75) is 12.6 Å². The molecule has 0 saturated carbocycles. The van der Waals surface area contributed by atoms with Gasteiger partial charge in [0.1, 0.15) is 6.54 Å². The van der Waals surface area contributed by atoms with Crippen molar-refractivity contribution in [2.75, 3.05) is 32.8 Å². The number of rotatable bonds is 6. The Balaban J connectivity index is 1.41. The number of amides is 1. The molecular weight excluding hydrogens is 450 g/mol. The normalized spacial score (nSPS) is 15.4. The third kappa shape index (κ3) is 4.57. The Bertz CT molecular complexity index is 1320. The Morgan fingerprint density at radius 1 is 0.912 bits per heavy atom. The highest BCUT2D eigenvalue weighted by atomic mass is 35.5. The number of para-hydroxylation sites is 2. The molecule has 1 unspecified atom stereocenters. The summed E-state index contributed by atoms with van der Waals surface area (Å²) >= 11 is 6.10. The molecule has 1 aliphatic rings. The van der Waals surface area contributed by atoms with Crippen molar-refractivity contribution in [1.82, 2.24) is 14.8 Å². The molecule has 1 amide bonds. The minimum atomic E-state index is -0.105. The maximum atomic E-state index is 13.2. The van der Waals surface area contributed by atoms with Crippen molar-refractivity contribution in [1.29, 1.82) is 0 Å². The molecule has 0 aliphatic carbocycles. The van der Waals surface area contributed by atoms with Gasteiger partial charge in [-0.3, -0.25) is 14.5 Å². The smallest absolute Gasteiger partial charge is 0.240 e. The third-order valence-electron chi connectivity index (χ3n) is 6.41. The summed E-state index contributed by atoms with van der Waals surface area (Å²) in [5, 5.41) is 5.04. The van der Waals surface area contributed by atoms with Crippen LogP contribution in [0.1, 0.15) is 11.6 Å². The summed E-state index contributed by atoms with van der Waals surface area (Å²) in [4.78, 5) is 28.5. The number of pyridine rings is 1. The summed E-state index contributed by atoms with van der Waals surface area (Å²) in [6.45, 7) is 3.55. The molecule has 174 valence electrons. The van der Waals surface area contributed by atoms with Gasteiger partial charge in [0, 0.05) is 35.4 Å². The van der Waals surface area contributed by atoms with Crippen LogP contribution in [-0.2, 0) is 16.1 Å². The monoisotopic (exact) mass is 475 g/mol. The summed E-state index contributed by atoms with van der Waals surface area (Å²) in [5.74, 6) is -0.105. The highest BCUT2D eigenvalue weighted by Gasteiger charge is 2.23. The zero-order valence-corrected chi connectivity index (χ0v) is 19.5. The average Bonchev–Trinajstić information content (AvgIpc) is 2.88. The van der Waals surface area contributed by atoms with Crippen LogP contribution in [0, 0.1) is 0 Å². The zero-order valence-electron chi connectivity index (χ0n) is 18.7. The zero-order chi connectivity index (χ0) is 23.5. The van der Waals surface area contributed by atoms with Gasteiger partial charge in [0.05, 0.1) is 30.3 Å². The highest BCUT2D eigenvalue weighted by molar-refractivity contribution is 6.30. The van der Waals surface area contributed by atoms with E-state index < -0.39 is 0 Å². The summed E-state index contributed by atoms with van der Waals surface area (Å²) in [6, 6.07) is 22.7. The van der Waals surface area contributed by atoms with Gasteiger partial charge in [0.25, 0.3) is 0 Å². The van der Waals surface area contributed by atoms with E-state index in [0.717, 1.165) is 29.7 Å². The van der Waals surface area contributed by atoms with Crippen molar-refractivity contribution in [3.63, 3.8) is 0 Å². The molecule has 6 nitrogen and oxygen atoms in total. The van der Waals surface area contributed by atoms with E-state index in [1.807, 2.05) is 77.4 Å². The van der Waals surface area contributed by atoms with Crippen molar-refractivity contribution in [3.05, 3.63) is 93.6 Å². The summed E-state index contributed by atoms with van der Waals surface area (Å²) in [7, 11) is 0. The topological polar surface area (TPSA) is 63.6 Å². The summed E-state index contributed by atoms with van der Waals surface area (Å²) in [6.07, 6.45) is 0. The molecule has 5 rings (SSSR count). The molecule has 4 aromatic rings. The van der Waals surface area contributed by atoms with Crippen LogP contribution < -0.4 is 10.7 Å². The number of nitrogens with zero attached hydrogens (tertiary/aromatic N) is 2. The van der Waals surface area contributed by atoms with Crippen LogP contribution in [0.5, 0.6) is 0 Å². The lowest BCUT2D eigenvalue weighted by Crippen LogP contribution is -2.44. The predicted molar refractivity (Wildman–Crippen MR) is 135 cm³/mol. The lowest BCUT2D eigenvalue weighted by molar-refractivity contribution is -0.121. The first kappa shape index (κ1) is 22.6. The molecule has 1 aliphatic heterocycles. The number of ether oxygens (including phenoxy) is 1. The number of nitrogens with one attached hydrogen (secondary N) is 1. The number of fused-ring (bicyclic) bond motifs is 2. The molecule has 7 heteroatoms. The fourth-order valence-electron chi connectivity index (χ4n) is 4.69. The SMILES string of the molecule is O=C(Cn1c2ccccc2c(=O)c2ccccc21)NCC(c1ccc(Cl)cc1)N1CCOCC1. The van der Waals surface area contributed by atoms with Crippen molar-refractivity contribution >= 4 is 39.3 Å². The van der Waals surface area contributed by atoms with E-state index in [-0.39, 0.29) is 23.9 Å². The van der Waals surface area contributed by atoms with Gasteiger partial charge in [-0.2, -0.15) is 0 Å². The fraction of sp³-hybridized carbons (Fsp3) is 0.259. The lowest BCUT2D eigenvalue weighted by Gasteiger charge is -2.35. The largest absolute Gasteiger partial charge is 0.379 e. The van der Waals surface area contributed by atoms with Crippen molar-refractivity contribution in [3.8, 4) is 0 Å². The van der Waals surface area contributed by atoms with Gasteiger partial charge in [-0.1, -0.05) is 48.0 Å². The maximum absolute atomic E-state index is 13.2. The van der Waals surface area contributed by atoms with E-state index in [9.17, 15) is 9.59 Å². The molecule has 0 bridgehead atoms. The molecule has 0 radical (unpaired) electrons. The van der Waals surface area contributed by atoms with Crippen LogP contribution in [0.25, 0.3) is 21.8 Å². The van der Waals surface area contributed by atoms with Crippen LogP contribution >= 0.6 is 11.6 Å². The van der Waals surface area contributed by atoms with E-state index >= 15 is 0 Å². The second-order valence-electron chi connectivity index (χ2n) is 8.47. The molecule has 0 spiro atoms. The molecule has 3 aromatic carbocycles. The fourth-order valence-corrected chi connectivity index (χ4v) is 4.82. The molecule has 1 N–H and O–H groups in total. The number of aromatic nitrogens is 1. The third-order valence-corrected chi connectivity index (χ3v) is 6.67. The highest BCUT2D eigenvalue weighted by Crippen LogP contribution is 2.23. The number of hydrogen-bond acceptors (Lipinski definition) is 4. The van der Waals surface area contributed by atoms with Crippen molar-refractivity contribution in [2.24, 2.45) is 0 Å². The maximum Gasteiger partial charge on any atom is 0.240 e. The number of benzene rings is 3. The van der Waals surface area contributed by atoms with Gasteiger partial charge in [-0.25, -0.2) is 0 Å². The van der Waals surface area contributed by atoms with Gasteiger partial charge >= 0.3 is 0 Å². The van der Waals surface area contributed by atoms with Gasteiger partial charge < -0.3 is 14.6 Å². The standard InChI is InChI=1S/C27H26ClN3O3/c28-20-11-9-19(10-12-20)25(30-13-15-34-16-14-30)17-29-26(32)18-31-23-7-3-1-5-21(23)27(33)22-6-2-4-8-24(22)31/h1-12,25H,13-18H2,(H,29,32). The van der Waals surface area contributed by atoms with E-state index in [1.165, 1.54) is 0 Å². The van der Waals surface area contributed by atoms with E-state index in [2.05, 4.69) is 10.2 Å². The van der Waals surface area contributed by atoms with Crippen LogP contribution in [0.2, 0.25) is 5.02 Å². The van der Waals surface area contributed by atoms with E-state index in [0.29, 0.717) is 35.6 Å². The summed E-state index contributed by atoms with van der Waals surface area (Å²) in [5.41, 5.74) is 2.59. The molecule has 1 saturated heterocycles. The van der Waals surface area contributed by atoms with Gasteiger partial charge in [0.15, 0.2) is 5.43 Å². The second kappa shape index (κ2) is 9.97. The Kier molecular flexibility index (Phi) is 6.63. The quantitative estimate of drug-likeness (QED) is 0.428. The van der Waals surface area contributed by atoms with Gasteiger partial charge in [0.2, 0.25) is 5.91 Å². The Hall–Kier alpha value is -3.19. The van der Waals surface area contributed by atoms with Crippen LogP contribution in [0.4, 0.5) is 0 Å². The molecule has 2 heterocycles. The molecule has 1 fully saturated rings. The first-order valence-electron chi connectivity index (χ1n) is 11.5. The number of halogens is 1. The second-order valence-corrected chi connectivity index (χ2v) is 8.91. The Morgan fingerprint density at radius 2 is 1.50 bits per heavy atom. The number of hydrogen-bond donors (Lipinski definition) is 1. The van der Waals surface area contributed by atoms with Crippen LogP contribution in [-0.4, -0.2) is 48.2 Å².